The highest BCUT2D eigenvalue weighted by atomic mass is 16.5. The molecule has 4 aromatic rings. The molecule has 5 rings (SSSR count). The van der Waals surface area contributed by atoms with Crippen LogP contribution in [0.15, 0.2) is 58.1 Å². The number of fused-ring (bicyclic) bond motifs is 3. The third kappa shape index (κ3) is 3.11. The van der Waals surface area contributed by atoms with Crippen LogP contribution < -0.4 is 21.3 Å². The first-order valence-electron chi connectivity index (χ1n) is 10.5. The summed E-state index contributed by atoms with van der Waals surface area (Å²) in [6, 6.07) is 14.1. The molecule has 0 radical (unpaired) electrons. The Labute approximate surface area is 183 Å². The minimum absolute atomic E-state index is 0.117. The quantitative estimate of drug-likeness (QED) is 0.396. The van der Waals surface area contributed by atoms with Crippen LogP contribution >= 0.6 is 0 Å². The summed E-state index contributed by atoms with van der Waals surface area (Å²) in [5, 5.41) is 15.5. The van der Waals surface area contributed by atoms with Crippen molar-refractivity contribution in [1.29, 1.82) is 0 Å². The first-order chi connectivity index (χ1) is 15.5. The SMILES string of the molecule is COc1ccc2[nH]c3c(c2c1)CCNC3c1c(O)n(C(C)c2ccccc2)c(=O)[nH]c1=O. The summed E-state index contributed by atoms with van der Waals surface area (Å²) >= 11 is 0. The maximum absolute atomic E-state index is 12.9. The molecule has 2 unspecified atom stereocenters. The van der Waals surface area contributed by atoms with E-state index in [0.29, 0.717) is 6.54 Å². The largest absolute Gasteiger partial charge is 0.497 e. The lowest BCUT2D eigenvalue weighted by atomic mass is 9.95. The van der Waals surface area contributed by atoms with Gasteiger partial charge in [-0.2, -0.15) is 0 Å². The minimum atomic E-state index is -0.648. The fourth-order valence-electron chi connectivity index (χ4n) is 4.63. The second kappa shape index (κ2) is 7.72. The Morgan fingerprint density at radius 2 is 1.91 bits per heavy atom. The number of aromatic amines is 2. The second-order valence-electron chi connectivity index (χ2n) is 8.02. The van der Waals surface area contributed by atoms with Crippen LogP contribution in [-0.2, 0) is 6.42 Å². The van der Waals surface area contributed by atoms with Gasteiger partial charge in [0.25, 0.3) is 5.56 Å². The van der Waals surface area contributed by atoms with Crippen molar-refractivity contribution >= 4 is 10.9 Å². The number of nitrogens with one attached hydrogen (secondary N) is 3. The molecule has 0 fully saturated rings. The Morgan fingerprint density at radius 3 is 2.66 bits per heavy atom. The van der Waals surface area contributed by atoms with E-state index in [-0.39, 0.29) is 11.4 Å². The van der Waals surface area contributed by atoms with Gasteiger partial charge in [0.2, 0.25) is 5.88 Å². The topological polar surface area (TPSA) is 112 Å². The van der Waals surface area contributed by atoms with Crippen LogP contribution in [0.1, 0.15) is 41.4 Å². The van der Waals surface area contributed by atoms with Crippen LogP contribution in [0.5, 0.6) is 11.6 Å². The van der Waals surface area contributed by atoms with E-state index in [2.05, 4.69) is 15.3 Å². The summed E-state index contributed by atoms with van der Waals surface area (Å²) in [5.41, 5.74) is 2.50. The molecule has 0 bridgehead atoms. The molecule has 2 atom stereocenters. The number of nitrogens with zero attached hydrogens (tertiary/aromatic N) is 1. The molecule has 8 nitrogen and oxygen atoms in total. The van der Waals surface area contributed by atoms with Crippen molar-refractivity contribution in [3.8, 4) is 11.6 Å². The number of hydrogen-bond acceptors (Lipinski definition) is 5. The molecule has 8 heteroatoms. The number of methoxy groups -OCH3 is 1. The molecule has 1 aliphatic heterocycles. The van der Waals surface area contributed by atoms with Gasteiger partial charge in [-0.25, -0.2) is 4.79 Å². The Kier molecular flexibility index (Phi) is 4.86. The molecule has 1 aliphatic rings. The lowest BCUT2D eigenvalue weighted by Gasteiger charge is -2.26. The van der Waals surface area contributed by atoms with E-state index in [1.54, 1.807) is 7.11 Å². The molecule has 4 N–H and O–H groups in total. The summed E-state index contributed by atoms with van der Waals surface area (Å²) < 4.78 is 6.60. The van der Waals surface area contributed by atoms with Crippen molar-refractivity contribution in [2.45, 2.75) is 25.4 Å². The van der Waals surface area contributed by atoms with E-state index in [4.69, 9.17) is 4.74 Å². The van der Waals surface area contributed by atoms with Gasteiger partial charge in [-0.15, -0.1) is 0 Å². The maximum Gasteiger partial charge on any atom is 0.331 e. The smallest absolute Gasteiger partial charge is 0.331 e. The van der Waals surface area contributed by atoms with Crippen molar-refractivity contribution in [3.05, 3.63) is 91.8 Å². The minimum Gasteiger partial charge on any atom is -0.497 e. The zero-order valence-corrected chi connectivity index (χ0v) is 17.8. The Hall–Kier alpha value is -3.78. The Balaban J connectivity index is 1.68. The van der Waals surface area contributed by atoms with Crippen LogP contribution in [0.4, 0.5) is 0 Å². The highest BCUT2D eigenvalue weighted by Crippen LogP contribution is 2.36. The van der Waals surface area contributed by atoms with Crippen molar-refractivity contribution < 1.29 is 9.84 Å². The van der Waals surface area contributed by atoms with Crippen LogP contribution in [0.3, 0.4) is 0 Å². The van der Waals surface area contributed by atoms with Crippen LogP contribution in [0.2, 0.25) is 0 Å². The predicted molar refractivity (Wildman–Crippen MR) is 122 cm³/mol. The van der Waals surface area contributed by atoms with Crippen molar-refractivity contribution in [2.75, 3.05) is 13.7 Å². The van der Waals surface area contributed by atoms with Crippen LogP contribution in [-0.4, -0.2) is 33.3 Å². The van der Waals surface area contributed by atoms with Gasteiger partial charge < -0.3 is 20.1 Å². The van der Waals surface area contributed by atoms with Gasteiger partial charge in [-0.3, -0.25) is 14.3 Å². The van der Waals surface area contributed by atoms with Crippen molar-refractivity contribution in [3.63, 3.8) is 0 Å². The third-order valence-corrected chi connectivity index (χ3v) is 6.27. The summed E-state index contributed by atoms with van der Waals surface area (Å²) in [6.45, 7) is 2.43. The number of aromatic hydroxyl groups is 1. The van der Waals surface area contributed by atoms with Crippen molar-refractivity contribution in [2.24, 2.45) is 0 Å². The molecule has 2 aromatic heterocycles. The summed E-state index contributed by atoms with van der Waals surface area (Å²) in [4.78, 5) is 31.4. The van der Waals surface area contributed by atoms with E-state index in [9.17, 15) is 14.7 Å². The van der Waals surface area contributed by atoms with Gasteiger partial charge in [0.1, 0.15) is 11.3 Å². The Morgan fingerprint density at radius 1 is 1.12 bits per heavy atom. The standard InChI is InChI=1S/C24H24N4O4/c1-13(14-6-4-3-5-7-14)28-23(30)19(22(29)27-24(28)31)21-20-16(10-11-25-21)17-12-15(32-2)8-9-18(17)26-20/h3-9,12-13,21,25-26,30H,10-11H2,1-2H3,(H,27,29,31). The van der Waals surface area contributed by atoms with Gasteiger partial charge in [0.15, 0.2) is 0 Å². The van der Waals surface area contributed by atoms with Crippen LogP contribution in [0.25, 0.3) is 10.9 Å². The molecular weight excluding hydrogens is 408 g/mol. The molecule has 32 heavy (non-hydrogen) atoms. The van der Waals surface area contributed by atoms with E-state index >= 15 is 0 Å². The maximum atomic E-state index is 12.9. The summed E-state index contributed by atoms with van der Waals surface area (Å²) in [6.07, 6.45) is 0.762. The van der Waals surface area contributed by atoms with E-state index in [1.165, 1.54) is 4.57 Å². The molecule has 0 saturated heterocycles. The molecule has 0 saturated carbocycles. The third-order valence-electron chi connectivity index (χ3n) is 6.27. The van der Waals surface area contributed by atoms with E-state index < -0.39 is 23.3 Å². The fraction of sp³-hybridized carbons (Fsp3) is 0.250. The fourth-order valence-corrected chi connectivity index (χ4v) is 4.63. The zero-order valence-electron chi connectivity index (χ0n) is 17.8. The molecular formula is C24H24N4O4. The number of hydrogen-bond donors (Lipinski definition) is 4. The molecule has 3 heterocycles. The molecule has 0 spiro atoms. The average molecular weight is 432 g/mol. The number of benzene rings is 2. The summed E-state index contributed by atoms with van der Waals surface area (Å²) in [7, 11) is 1.62. The molecule has 0 amide bonds. The van der Waals surface area contributed by atoms with Crippen molar-refractivity contribution in [1.82, 2.24) is 19.9 Å². The van der Waals surface area contributed by atoms with Gasteiger partial charge >= 0.3 is 5.69 Å². The zero-order chi connectivity index (χ0) is 22.4. The highest BCUT2D eigenvalue weighted by molar-refractivity contribution is 5.86. The average Bonchev–Trinajstić information content (AvgIpc) is 3.18. The second-order valence-corrected chi connectivity index (χ2v) is 8.02. The number of ether oxygens (including phenoxy) is 1. The monoisotopic (exact) mass is 432 g/mol. The van der Waals surface area contributed by atoms with Crippen LogP contribution in [0, 0.1) is 0 Å². The molecule has 0 aliphatic carbocycles. The van der Waals surface area contributed by atoms with E-state index in [1.807, 2.05) is 55.5 Å². The number of H-pyrrole nitrogens is 2. The lowest BCUT2D eigenvalue weighted by Crippen LogP contribution is -2.39. The first kappa shape index (κ1) is 20.1. The van der Waals surface area contributed by atoms with E-state index in [0.717, 1.165) is 39.9 Å². The summed E-state index contributed by atoms with van der Waals surface area (Å²) in [5.74, 6) is 0.414. The highest BCUT2D eigenvalue weighted by Gasteiger charge is 2.32. The Bertz CT molecular complexity index is 1420. The number of aromatic nitrogens is 3. The lowest BCUT2D eigenvalue weighted by molar-refractivity contribution is 0.372. The predicted octanol–water partition coefficient (Wildman–Crippen LogP) is 2.58. The normalized spacial score (nSPS) is 16.6. The van der Waals surface area contributed by atoms with Gasteiger partial charge in [0.05, 0.1) is 19.2 Å². The van der Waals surface area contributed by atoms with Gasteiger partial charge in [-0.1, -0.05) is 30.3 Å². The first-order valence-corrected chi connectivity index (χ1v) is 10.5. The molecule has 164 valence electrons. The van der Waals surface area contributed by atoms with Gasteiger partial charge in [-0.05, 0) is 42.7 Å². The van der Waals surface area contributed by atoms with Gasteiger partial charge in [0, 0.05) is 23.1 Å². The number of rotatable bonds is 4. The molecule has 2 aromatic carbocycles.